The van der Waals surface area contributed by atoms with Crippen LogP contribution in [0.15, 0.2) is 48.5 Å². The van der Waals surface area contributed by atoms with Crippen molar-refractivity contribution in [2.75, 3.05) is 0 Å². The summed E-state index contributed by atoms with van der Waals surface area (Å²) in [5.41, 5.74) is 3.26. The lowest BCUT2D eigenvalue weighted by Gasteiger charge is -2.04. The smallest absolute Gasteiger partial charge is 0.205 e. The molecule has 0 nitrogen and oxygen atoms in total. The Balaban J connectivity index is 2.31. The summed E-state index contributed by atoms with van der Waals surface area (Å²) in [5, 5.41) is 0. The lowest BCUT2D eigenvalue weighted by Crippen LogP contribution is -1.84. The third kappa shape index (κ3) is 2.27. The molecule has 0 amide bonds. The summed E-state index contributed by atoms with van der Waals surface area (Å²) in [6, 6.07) is 14.4. The molecule has 0 atom stereocenters. The predicted molar refractivity (Wildman–Crippen MR) is 61.6 cm³/mol. The van der Waals surface area contributed by atoms with Gasteiger partial charge in [0.05, 0.1) is 0 Å². The van der Waals surface area contributed by atoms with E-state index in [-0.39, 0.29) is 5.56 Å². The van der Waals surface area contributed by atoms with Gasteiger partial charge >= 0.3 is 0 Å². The minimum atomic E-state index is -2.40. The summed E-state index contributed by atoms with van der Waals surface area (Å²) in [7, 11) is 0. The fourth-order valence-electron chi connectivity index (χ4n) is 1.57. The summed E-state index contributed by atoms with van der Waals surface area (Å²) in [4.78, 5) is 0. The van der Waals surface area contributed by atoms with E-state index >= 15 is 0 Å². The Labute approximate surface area is 93.5 Å². The van der Waals surface area contributed by atoms with E-state index in [0.29, 0.717) is 0 Å². The first kappa shape index (κ1) is 10.8. The van der Waals surface area contributed by atoms with Crippen molar-refractivity contribution < 1.29 is 8.78 Å². The van der Waals surface area contributed by atoms with E-state index in [9.17, 15) is 8.78 Å². The Hall–Kier alpha value is -1.70. The lowest BCUT2D eigenvalue weighted by molar-refractivity contribution is 0.151. The number of rotatable bonds is 2. The number of hydrogen-bond donors (Lipinski definition) is 0. The highest BCUT2D eigenvalue weighted by molar-refractivity contribution is 5.63. The maximum Gasteiger partial charge on any atom is 0.263 e. The van der Waals surface area contributed by atoms with Crippen LogP contribution in [0.25, 0.3) is 11.1 Å². The van der Waals surface area contributed by atoms with Crippen molar-refractivity contribution >= 4 is 0 Å². The molecule has 2 rings (SSSR count). The van der Waals surface area contributed by atoms with Crippen molar-refractivity contribution in [2.45, 2.75) is 13.3 Å². The number of alkyl halides is 2. The molecule has 0 unspecified atom stereocenters. The molecule has 0 fully saturated rings. The molecule has 2 aromatic carbocycles. The first-order chi connectivity index (χ1) is 7.66. The molecular weight excluding hydrogens is 206 g/mol. The van der Waals surface area contributed by atoms with Gasteiger partial charge in [0.2, 0.25) is 0 Å². The Bertz CT molecular complexity index is 455. The number of hydrogen-bond acceptors (Lipinski definition) is 0. The fourth-order valence-corrected chi connectivity index (χ4v) is 1.57. The quantitative estimate of drug-likeness (QED) is 0.691. The topological polar surface area (TPSA) is 0 Å². The highest BCUT2D eigenvalue weighted by atomic mass is 19.3. The van der Waals surface area contributed by atoms with Gasteiger partial charge in [-0.1, -0.05) is 54.1 Å². The second-order valence-electron chi connectivity index (χ2n) is 3.79. The Morgan fingerprint density at radius 1 is 0.750 bits per heavy atom. The zero-order valence-corrected chi connectivity index (χ0v) is 8.95. The third-order valence-electron chi connectivity index (χ3n) is 2.55. The summed E-state index contributed by atoms with van der Waals surface area (Å²) in [5.74, 6) is 0. The number of halogens is 2. The molecule has 2 heteroatoms. The molecular formula is C14H12F2. The van der Waals surface area contributed by atoms with Crippen LogP contribution in [0.5, 0.6) is 0 Å². The molecule has 0 saturated carbocycles. The van der Waals surface area contributed by atoms with Crippen molar-refractivity contribution in [3.8, 4) is 11.1 Å². The van der Waals surface area contributed by atoms with Gasteiger partial charge in [0.1, 0.15) is 0 Å². The van der Waals surface area contributed by atoms with Crippen molar-refractivity contribution in [3.63, 3.8) is 0 Å². The fraction of sp³-hybridized carbons (Fsp3) is 0.143. The van der Waals surface area contributed by atoms with Crippen LogP contribution in [-0.4, -0.2) is 0 Å². The maximum atomic E-state index is 12.4. The van der Waals surface area contributed by atoms with Crippen LogP contribution in [-0.2, 0) is 0 Å². The molecule has 0 bridgehead atoms. The second kappa shape index (κ2) is 4.44. The number of aryl methyl sites for hydroxylation is 1. The van der Waals surface area contributed by atoms with Crippen LogP contribution in [0.2, 0.25) is 0 Å². The van der Waals surface area contributed by atoms with Gasteiger partial charge in [-0.2, -0.15) is 0 Å². The van der Waals surface area contributed by atoms with Crippen LogP contribution in [0, 0.1) is 6.92 Å². The summed E-state index contributed by atoms with van der Waals surface area (Å²) < 4.78 is 24.7. The molecule has 0 N–H and O–H groups in total. The van der Waals surface area contributed by atoms with Crippen LogP contribution >= 0.6 is 0 Å². The molecule has 0 saturated heterocycles. The van der Waals surface area contributed by atoms with Crippen LogP contribution in [0.3, 0.4) is 0 Å². The predicted octanol–water partition coefficient (Wildman–Crippen LogP) is 4.60. The van der Waals surface area contributed by atoms with E-state index in [4.69, 9.17) is 0 Å². The van der Waals surface area contributed by atoms with Crippen molar-refractivity contribution in [1.29, 1.82) is 0 Å². The molecule has 82 valence electrons. The molecule has 2 aromatic rings. The minimum Gasteiger partial charge on any atom is -0.205 e. The van der Waals surface area contributed by atoms with Crippen molar-refractivity contribution in [1.82, 2.24) is 0 Å². The highest BCUT2D eigenvalue weighted by Gasteiger charge is 2.06. The van der Waals surface area contributed by atoms with E-state index in [1.807, 2.05) is 31.2 Å². The summed E-state index contributed by atoms with van der Waals surface area (Å²) >= 11 is 0. The maximum absolute atomic E-state index is 12.4. The average molecular weight is 218 g/mol. The largest absolute Gasteiger partial charge is 0.263 e. The minimum absolute atomic E-state index is 0.0656. The Kier molecular flexibility index (Phi) is 3.00. The molecule has 0 aliphatic heterocycles. The number of benzene rings is 2. The zero-order chi connectivity index (χ0) is 11.5. The van der Waals surface area contributed by atoms with Gasteiger partial charge in [-0.05, 0) is 18.1 Å². The van der Waals surface area contributed by atoms with E-state index in [0.717, 1.165) is 11.1 Å². The molecule has 0 aliphatic carbocycles. The Morgan fingerprint density at radius 2 is 1.19 bits per heavy atom. The van der Waals surface area contributed by atoms with Gasteiger partial charge < -0.3 is 0 Å². The summed E-state index contributed by atoms with van der Waals surface area (Å²) in [6.07, 6.45) is -2.40. The first-order valence-corrected chi connectivity index (χ1v) is 5.12. The van der Waals surface area contributed by atoms with Gasteiger partial charge in [-0.3, -0.25) is 0 Å². The zero-order valence-electron chi connectivity index (χ0n) is 8.95. The lowest BCUT2D eigenvalue weighted by atomic mass is 10.0. The standard InChI is InChI=1S/C14H12F2/c1-10-2-4-11(5-3-10)12-6-8-13(9-7-12)14(15)16/h2-9,14H,1H3. The third-order valence-corrected chi connectivity index (χ3v) is 2.55. The van der Waals surface area contributed by atoms with Gasteiger partial charge in [0, 0.05) is 5.56 Å². The van der Waals surface area contributed by atoms with Crippen molar-refractivity contribution in [3.05, 3.63) is 59.7 Å². The van der Waals surface area contributed by atoms with E-state index < -0.39 is 6.43 Å². The SMILES string of the molecule is Cc1ccc(-c2ccc(C(F)F)cc2)cc1. The molecule has 0 spiro atoms. The van der Waals surface area contributed by atoms with Gasteiger partial charge in [0.25, 0.3) is 6.43 Å². The normalized spacial score (nSPS) is 10.8. The van der Waals surface area contributed by atoms with E-state index in [1.165, 1.54) is 17.7 Å². The van der Waals surface area contributed by atoms with Gasteiger partial charge in [0.15, 0.2) is 0 Å². The first-order valence-electron chi connectivity index (χ1n) is 5.12. The molecule has 0 radical (unpaired) electrons. The highest BCUT2D eigenvalue weighted by Crippen LogP contribution is 2.24. The van der Waals surface area contributed by atoms with Crippen molar-refractivity contribution in [2.24, 2.45) is 0 Å². The van der Waals surface area contributed by atoms with Gasteiger partial charge in [-0.25, -0.2) is 8.78 Å². The molecule has 0 aliphatic rings. The van der Waals surface area contributed by atoms with Crippen LogP contribution in [0.4, 0.5) is 8.78 Å². The van der Waals surface area contributed by atoms with E-state index in [2.05, 4.69) is 0 Å². The molecule has 16 heavy (non-hydrogen) atoms. The van der Waals surface area contributed by atoms with Crippen LogP contribution < -0.4 is 0 Å². The monoisotopic (exact) mass is 218 g/mol. The van der Waals surface area contributed by atoms with E-state index in [1.54, 1.807) is 12.1 Å². The Morgan fingerprint density at radius 3 is 1.62 bits per heavy atom. The van der Waals surface area contributed by atoms with Crippen LogP contribution in [0.1, 0.15) is 17.6 Å². The second-order valence-corrected chi connectivity index (χ2v) is 3.79. The average Bonchev–Trinajstić information content (AvgIpc) is 2.30. The molecule has 0 aromatic heterocycles. The molecule has 0 heterocycles. The van der Waals surface area contributed by atoms with Gasteiger partial charge in [-0.15, -0.1) is 0 Å². The summed E-state index contributed by atoms with van der Waals surface area (Å²) in [6.45, 7) is 2.02.